The minimum absolute atomic E-state index is 0.0881. The molecule has 1 fully saturated rings. The molecule has 1 aromatic rings. The van der Waals surface area contributed by atoms with E-state index in [1.807, 2.05) is 12.1 Å². The Morgan fingerprint density at radius 1 is 1.50 bits per heavy atom. The van der Waals surface area contributed by atoms with Crippen molar-refractivity contribution in [1.82, 2.24) is 10.3 Å². The van der Waals surface area contributed by atoms with Crippen LogP contribution in [0, 0.1) is 0 Å². The van der Waals surface area contributed by atoms with Gasteiger partial charge in [0.1, 0.15) is 0 Å². The van der Waals surface area contributed by atoms with Gasteiger partial charge in [-0.2, -0.15) is 0 Å². The topological polar surface area (TPSA) is 45.2 Å². The lowest BCUT2D eigenvalue weighted by Crippen LogP contribution is -2.49. The highest BCUT2D eigenvalue weighted by Crippen LogP contribution is 2.28. The molecule has 3 nitrogen and oxygen atoms in total. The van der Waals surface area contributed by atoms with E-state index in [1.54, 1.807) is 18.0 Å². The highest BCUT2D eigenvalue weighted by Gasteiger charge is 2.33. The molecule has 1 unspecified atom stereocenters. The maximum atomic E-state index is 9.70. The van der Waals surface area contributed by atoms with E-state index in [4.69, 9.17) is 11.6 Å². The van der Waals surface area contributed by atoms with Gasteiger partial charge in [-0.05, 0) is 50.0 Å². The van der Waals surface area contributed by atoms with Crippen molar-refractivity contribution in [1.29, 1.82) is 0 Å². The molecule has 0 spiro atoms. The summed E-state index contributed by atoms with van der Waals surface area (Å²) in [5, 5.41) is 15.0. The van der Waals surface area contributed by atoms with Crippen LogP contribution in [0.1, 0.15) is 39.0 Å². The number of halogens is 1. The van der Waals surface area contributed by atoms with Crippen LogP contribution in [0.15, 0.2) is 23.4 Å². The van der Waals surface area contributed by atoms with Crippen LogP contribution in [0.5, 0.6) is 0 Å². The lowest BCUT2D eigenvalue weighted by atomic mass is 9.91. The Morgan fingerprint density at radius 2 is 2.30 bits per heavy atom. The molecule has 1 aliphatic rings. The summed E-state index contributed by atoms with van der Waals surface area (Å²) in [6.45, 7) is 2.38. The van der Waals surface area contributed by atoms with Crippen LogP contribution in [0.25, 0.3) is 0 Å². The molecule has 2 rings (SSSR count). The number of hydrogen-bond acceptors (Lipinski definition) is 4. The Balaban J connectivity index is 1.73. The third-order valence-corrected chi connectivity index (χ3v) is 5.07. The van der Waals surface area contributed by atoms with Crippen LogP contribution in [0.3, 0.4) is 0 Å². The highest BCUT2D eigenvalue weighted by molar-refractivity contribution is 7.99. The molecular weight excluding hydrogens is 292 g/mol. The predicted molar refractivity (Wildman–Crippen MR) is 85.5 cm³/mol. The van der Waals surface area contributed by atoms with Crippen molar-refractivity contribution in [3.05, 3.63) is 23.4 Å². The van der Waals surface area contributed by atoms with Gasteiger partial charge < -0.3 is 10.4 Å². The third-order valence-electron chi connectivity index (χ3n) is 3.82. The Hall–Kier alpha value is -0.290. The lowest BCUT2D eigenvalue weighted by Gasteiger charge is -2.32. The van der Waals surface area contributed by atoms with Gasteiger partial charge in [0.2, 0.25) is 0 Å². The summed E-state index contributed by atoms with van der Waals surface area (Å²) in [5.41, 5.74) is -0.0881. The number of aromatic nitrogens is 1. The van der Waals surface area contributed by atoms with Gasteiger partial charge in [0.05, 0.1) is 16.7 Å². The maximum absolute atomic E-state index is 9.70. The molecule has 5 heteroatoms. The minimum atomic E-state index is -0.0881. The average Bonchev–Trinajstić information content (AvgIpc) is 3.28. The van der Waals surface area contributed by atoms with Gasteiger partial charge in [0, 0.05) is 17.8 Å². The van der Waals surface area contributed by atoms with Gasteiger partial charge in [-0.1, -0.05) is 18.5 Å². The smallest absolute Gasteiger partial charge is 0.0960 e. The Morgan fingerprint density at radius 3 is 2.85 bits per heavy atom. The van der Waals surface area contributed by atoms with Crippen LogP contribution >= 0.6 is 23.4 Å². The summed E-state index contributed by atoms with van der Waals surface area (Å²) in [5.74, 6) is 1.02. The molecule has 1 atom stereocenters. The zero-order valence-electron chi connectivity index (χ0n) is 11.9. The van der Waals surface area contributed by atoms with Crippen molar-refractivity contribution in [3.8, 4) is 0 Å². The average molecular weight is 315 g/mol. The van der Waals surface area contributed by atoms with E-state index in [2.05, 4.69) is 17.2 Å². The second-order valence-electron chi connectivity index (χ2n) is 5.48. The first-order chi connectivity index (χ1) is 9.67. The lowest BCUT2D eigenvalue weighted by molar-refractivity contribution is 0.144. The van der Waals surface area contributed by atoms with Crippen LogP contribution in [-0.2, 0) is 0 Å². The molecule has 0 saturated heterocycles. The minimum Gasteiger partial charge on any atom is -0.394 e. The highest BCUT2D eigenvalue weighted by atomic mass is 35.5. The van der Waals surface area contributed by atoms with Crippen LogP contribution in [-0.4, -0.2) is 34.0 Å². The fourth-order valence-corrected chi connectivity index (χ4v) is 3.18. The molecule has 1 aromatic heterocycles. The van der Waals surface area contributed by atoms with E-state index in [0.29, 0.717) is 11.1 Å². The van der Waals surface area contributed by atoms with Crippen molar-refractivity contribution in [2.75, 3.05) is 12.4 Å². The summed E-state index contributed by atoms with van der Waals surface area (Å²) < 4.78 is 0. The van der Waals surface area contributed by atoms with Crippen LogP contribution in [0.4, 0.5) is 0 Å². The van der Waals surface area contributed by atoms with E-state index in [9.17, 15) is 5.11 Å². The van der Waals surface area contributed by atoms with Crippen molar-refractivity contribution in [3.63, 3.8) is 0 Å². The molecule has 112 valence electrons. The van der Waals surface area contributed by atoms with Gasteiger partial charge in [-0.25, -0.2) is 4.98 Å². The molecule has 2 N–H and O–H groups in total. The van der Waals surface area contributed by atoms with Crippen molar-refractivity contribution < 1.29 is 5.11 Å². The van der Waals surface area contributed by atoms with Crippen molar-refractivity contribution in [2.45, 2.75) is 55.6 Å². The SMILES string of the molecule is CCC(CO)(CCCSc1ccc(Cl)cn1)NC1CC1. The van der Waals surface area contributed by atoms with Gasteiger partial charge in [-0.3, -0.25) is 0 Å². The van der Waals surface area contributed by atoms with Crippen molar-refractivity contribution >= 4 is 23.4 Å². The summed E-state index contributed by atoms with van der Waals surface area (Å²) in [4.78, 5) is 4.28. The standard InChI is InChI=1S/C15H23ClN2OS/c1-2-15(11-19,18-13-5-6-13)8-3-9-20-14-7-4-12(16)10-17-14/h4,7,10,13,18-19H,2-3,5-6,8-9,11H2,1H3. The van der Waals surface area contributed by atoms with Gasteiger partial charge in [0.25, 0.3) is 0 Å². The molecule has 1 aliphatic carbocycles. The molecule has 0 aromatic carbocycles. The summed E-state index contributed by atoms with van der Waals surface area (Å²) in [6.07, 6.45) is 7.25. The Labute approximate surface area is 130 Å². The molecule has 1 heterocycles. The fourth-order valence-electron chi connectivity index (χ4n) is 2.28. The summed E-state index contributed by atoms with van der Waals surface area (Å²) in [6, 6.07) is 4.46. The number of nitrogens with one attached hydrogen (secondary N) is 1. The molecule has 1 saturated carbocycles. The van der Waals surface area contributed by atoms with E-state index >= 15 is 0 Å². The molecule has 0 amide bonds. The molecule has 20 heavy (non-hydrogen) atoms. The number of aliphatic hydroxyl groups excluding tert-OH is 1. The first kappa shape index (κ1) is 16.1. The molecule has 0 bridgehead atoms. The number of hydrogen-bond donors (Lipinski definition) is 2. The Bertz CT molecular complexity index is 405. The first-order valence-corrected chi connectivity index (χ1v) is 8.67. The predicted octanol–water partition coefficient (Wildman–Crippen LogP) is 3.50. The van der Waals surface area contributed by atoms with Gasteiger partial charge >= 0.3 is 0 Å². The first-order valence-electron chi connectivity index (χ1n) is 7.30. The zero-order valence-corrected chi connectivity index (χ0v) is 13.5. The largest absolute Gasteiger partial charge is 0.394 e. The second kappa shape index (κ2) is 7.64. The van der Waals surface area contributed by atoms with E-state index in [1.165, 1.54) is 12.8 Å². The van der Waals surface area contributed by atoms with Crippen LogP contribution < -0.4 is 5.32 Å². The second-order valence-corrected chi connectivity index (χ2v) is 7.03. The molecule has 0 radical (unpaired) electrons. The fraction of sp³-hybridized carbons (Fsp3) is 0.667. The number of pyridine rings is 1. The van der Waals surface area contributed by atoms with Crippen molar-refractivity contribution in [2.24, 2.45) is 0 Å². The van der Waals surface area contributed by atoms with Gasteiger partial charge in [0.15, 0.2) is 0 Å². The molecular formula is C15H23ClN2OS. The summed E-state index contributed by atoms with van der Waals surface area (Å²) in [7, 11) is 0. The number of thioether (sulfide) groups is 1. The number of aliphatic hydroxyl groups is 1. The maximum Gasteiger partial charge on any atom is 0.0960 e. The van der Waals surface area contributed by atoms with E-state index in [-0.39, 0.29) is 12.1 Å². The van der Waals surface area contributed by atoms with E-state index in [0.717, 1.165) is 30.0 Å². The van der Waals surface area contributed by atoms with Crippen LogP contribution in [0.2, 0.25) is 5.02 Å². The normalized spacial score (nSPS) is 17.9. The quantitative estimate of drug-likeness (QED) is 0.541. The summed E-state index contributed by atoms with van der Waals surface area (Å²) >= 11 is 7.56. The van der Waals surface area contributed by atoms with E-state index < -0.39 is 0 Å². The monoisotopic (exact) mass is 314 g/mol. The van der Waals surface area contributed by atoms with Gasteiger partial charge in [-0.15, -0.1) is 11.8 Å². The number of rotatable bonds is 9. The number of nitrogens with zero attached hydrogens (tertiary/aromatic N) is 1. The molecule has 0 aliphatic heterocycles. The third kappa shape index (κ3) is 4.92. The Kier molecular flexibility index (Phi) is 6.15. The zero-order chi connectivity index (χ0) is 14.4.